The van der Waals surface area contributed by atoms with Gasteiger partial charge in [0.05, 0.1) is 26.7 Å². The highest BCUT2D eigenvalue weighted by atomic mass is 16.6. The van der Waals surface area contributed by atoms with Crippen molar-refractivity contribution in [3.05, 3.63) is 0 Å². The Kier molecular flexibility index (Phi) is 19.9. The first-order valence-electron chi connectivity index (χ1n) is 15.9. The maximum atomic E-state index is 12.7. The maximum Gasteiger partial charge on any atom is 0.408 e. The molecule has 2 atom stereocenters. The highest BCUT2D eigenvalue weighted by Gasteiger charge is 2.26. The molecule has 15 nitrogen and oxygen atoms in total. The van der Waals surface area contributed by atoms with Gasteiger partial charge >= 0.3 is 12.1 Å². The van der Waals surface area contributed by atoms with Gasteiger partial charge in [0.25, 0.3) is 0 Å². The van der Waals surface area contributed by atoms with E-state index < -0.39 is 74.0 Å². The van der Waals surface area contributed by atoms with Gasteiger partial charge in [-0.3, -0.25) is 28.8 Å². The molecule has 0 aromatic rings. The second kappa shape index (κ2) is 21.8. The van der Waals surface area contributed by atoms with Crippen molar-refractivity contribution in [1.29, 1.82) is 0 Å². The van der Waals surface area contributed by atoms with Crippen LogP contribution in [0.15, 0.2) is 0 Å². The van der Waals surface area contributed by atoms with Gasteiger partial charge in [0.15, 0.2) is 0 Å². The molecule has 2 unspecified atom stereocenters. The molecular formula is C31H56N6O9. The summed E-state index contributed by atoms with van der Waals surface area (Å²) in [4.78, 5) is 86.5. The summed E-state index contributed by atoms with van der Waals surface area (Å²) in [5, 5.41) is 12.2. The Balaban J connectivity index is 4.73. The predicted molar refractivity (Wildman–Crippen MR) is 171 cm³/mol. The van der Waals surface area contributed by atoms with Gasteiger partial charge < -0.3 is 41.0 Å². The zero-order valence-corrected chi connectivity index (χ0v) is 28.9. The van der Waals surface area contributed by atoms with E-state index in [0.717, 1.165) is 44.1 Å². The number of nitrogens with zero attached hydrogens (tertiary/aromatic N) is 1. The third kappa shape index (κ3) is 19.5. The summed E-state index contributed by atoms with van der Waals surface area (Å²) < 4.78 is 10.0. The third-order valence-corrected chi connectivity index (χ3v) is 7.37. The van der Waals surface area contributed by atoms with Crippen LogP contribution in [0.3, 0.4) is 0 Å². The maximum absolute atomic E-state index is 12.7. The second-order valence-corrected chi connectivity index (χ2v) is 12.4. The number of hydrogen-bond donors (Lipinski definition) is 5. The molecular weight excluding hydrogens is 600 g/mol. The van der Waals surface area contributed by atoms with Crippen molar-refractivity contribution in [1.82, 2.24) is 31.5 Å². The van der Waals surface area contributed by atoms with Gasteiger partial charge in [-0.2, -0.15) is 0 Å². The fourth-order valence-corrected chi connectivity index (χ4v) is 4.73. The molecule has 0 rings (SSSR count). The third-order valence-electron chi connectivity index (χ3n) is 7.37. The molecule has 264 valence electrons. The van der Waals surface area contributed by atoms with Gasteiger partial charge in [-0.05, 0) is 44.4 Å². The minimum atomic E-state index is -0.811. The number of ether oxygens (including phenoxy) is 2. The van der Waals surface area contributed by atoms with E-state index >= 15 is 0 Å². The van der Waals surface area contributed by atoms with Crippen molar-refractivity contribution < 1.29 is 43.0 Å². The van der Waals surface area contributed by atoms with Crippen LogP contribution in [-0.2, 0) is 38.2 Å². The van der Waals surface area contributed by atoms with Gasteiger partial charge in [0, 0.05) is 6.54 Å². The van der Waals surface area contributed by atoms with Crippen LogP contribution in [0, 0.1) is 11.3 Å². The van der Waals surface area contributed by atoms with Gasteiger partial charge in [0.1, 0.15) is 25.2 Å². The lowest BCUT2D eigenvalue weighted by Crippen LogP contribution is -2.49. The Bertz CT molecular complexity index is 1040. The van der Waals surface area contributed by atoms with E-state index in [4.69, 9.17) is 4.74 Å². The van der Waals surface area contributed by atoms with E-state index in [1.165, 1.54) is 0 Å². The summed E-state index contributed by atoms with van der Waals surface area (Å²) in [5.74, 6) is -3.69. The van der Waals surface area contributed by atoms with Gasteiger partial charge in [0.2, 0.25) is 29.5 Å². The molecule has 46 heavy (non-hydrogen) atoms. The van der Waals surface area contributed by atoms with Crippen molar-refractivity contribution >= 4 is 41.6 Å². The quantitative estimate of drug-likeness (QED) is 0.105. The van der Waals surface area contributed by atoms with Gasteiger partial charge in [-0.15, -0.1) is 0 Å². The van der Waals surface area contributed by atoms with E-state index in [0.29, 0.717) is 18.9 Å². The molecule has 0 spiro atoms. The molecule has 0 aliphatic heterocycles. The first kappa shape index (κ1) is 42.1. The summed E-state index contributed by atoms with van der Waals surface area (Å²) >= 11 is 0. The molecule has 0 saturated heterocycles. The molecule has 0 aliphatic carbocycles. The first-order valence-corrected chi connectivity index (χ1v) is 15.9. The van der Waals surface area contributed by atoms with Crippen molar-refractivity contribution in [3.8, 4) is 0 Å². The number of hydrogen-bond acceptors (Lipinski definition) is 9. The number of esters is 1. The second-order valence-electron chi connectivity index (χ2n) is 12.4. The average molecular weight is 657 g/mol. The predicted octanol–water partition coefficient (Wildman–Crippen LogP) is 1.00. The SMILES string of the molecule is CCCC(C)CC(C)(C)OC(=O)NCC(=O)NCC(=O)N(CC(=O)NCC(=O)NCC(=O)NCC(C)(CC)CCC)CC(=O)OC. The number of methoxy groups -OCH3 is 1. The van der Waals surface area contributed by atoms with Crippen LogP contribution in [-0.4, -0.2) is 105 Å². The molecule has 0 aliphatic rings. The first-order chi connectivity index (χ1) is 21.5. The van der Waals surface area contributed by atoms with Crippen LogP contribution in [0.4, 0.5) is 4.79 Å². The normalized spacial score (nSPS) is 12.9. The summed E-state index contributed by atoms with van der Waals surface area (Å²) in [6.07, 6.45) is 4.71. The van der Waals surface area contributed by atoms with Crippen LogP contribution in [0.2, 0.25) is 0 Å². The molecule has 0 saturated carbocycles. The standard InChI is InChI=1S/C31H56N6O9/c1-9-12-22(4)14-30(5,6)46-29(44)35-17-24(39)34-18-27(42)37(20-28(43)45-8)19-26(41)33-15-23(38)32-16-25(40)36-21-31(7,11-3)13-10-2/h22H,9-21H2,1-8H3,(H,32,38)(H,33,41)(H,34,39)(H,35,44)(H,36,40). The highest BCUT2D eigenvalue weighted by Crippen LogP contribution is 2.26. The summed E-state index contributed by atoms with van der Waals surface area (Å²) in [6, 6.07) is 0. The van der Waals surface area contributed by atoms with Crippen molar-refractivity contribution in [2.24, 2.45) is 11.3 Å². The summed E-state index contributed by atoms with van der Waals surface area (Å²) in [5.41, 5.74) is -0.770. The Morgan fingerprint density at radius 1 is 0.717 bits per heavy atom. The molecule has 15 heteroatoms. The van der Waals surface area contributed by atoms with Gasteiger partial charge in [-0.1, -0.05) is 53.9 Å². The number of amides is 6. The van der Waals surface area contributed by atoms with E-state index in [2.05, 4.69) is 65.9 Å². The lowest BCUT2D eigenvalue weighted by Gasteiger charge is -2.28. The van der Waals surface area contributed by atoms with Crippen molar-refractivity contribution in [2.75, 3.05) is 52.9 Å². The lowest BCUT2D eigenvalue weighted by atomic mass is 9.83. The van der Waals surface area contributed by atoms with Crippen LogP contribution >= 0.6 is 0 Å². The van der Waals surface area contributed by atoms with Crippen LogP contribution < -0.4 is 26.6 Å². The molecule has 0 aromatic carbocycles. The zero-order valence-electron chi connectivity index (χ0n) is 28.9. The zero-order chi connectivity index (χ0) is 35.3. The fraction of sp³-hybridized carbons (Fsp3) is 0.774. The van der Waals surface area contributed by atoms with E-state index in [-0.39, 0.29) is 17.9 Å². The number of nitrogens with one attached hydrogen (secondary N) is 5. The van der Waals surface area contributed by atoms with Crippen molar-refractivity contribution in [3.63, 3.8) is 0 Å². The molecule has 0 aromatic heterocycles. The minimum absolute atomic E-state index is 0.0344. The van der Waals surface area contributed by atoms with Crippen LogP contribution in [0.5, 0.6) is 0 Å². The van der Waals surface area contributed by atoms with Gasteiger partial charge in [-0.25, -0.2) is 4.79 Å². The monoisotopic (exact) mass is 656 g/mol. The summed E-state index contributed by atoms with van der Waals surface area (Å²) in [7, 11) is 1.11. The van der Waals surface area contributed by atoms with E-state index in [1.807, 2.05) is 0 Å². The Labute approximate surface area is 273 Å². The largest absolute Gasteiger partial charge is 0.468 e. The van der Waals surface area contributed by atoms with Crippen LogP contribution in [0.25, 0.3) is 0 Å². The molecule has 5 N–H and O–H groups in total. The number of carbonyl (C=O) groups excluding carboxylic acids is 7. The molecule has 0 bridgehead atoms. The minimum Gasteiger partial charge on any atom is -0.468 e. The Hall–Kier alpha value is -3.91. The van der Waals surface area contributed by atoms with Crippen LogP contribution in [0.1, 0.15) is 87.0 Å². The van der Waals surface area contributed by atoms with E-state index in [1.54, 1.807) is 13.8 Å². The topological polar surface area (TPSA) is 201 Å². The molecule has 6 amide bonds. The average Bonchev–Trinajstić information content (AvgIpc) is 2.98. The smallest absolute Gasteiger partial charge is 0.408 e. The Morgan fingerprint density at radius 2 is 1.26 bits per heavy atom. The molecule has 0 fully saturated rings. The number of alkyl carbamates (subject to hydrolysis) is 1. The number of carbonyl (C=O) groups is 7. The lowest BCUT2D eigenvalue weighted by molar-refractivity contribution is -0.148. The summed E-state index contributed by atoms with van der Waals surface area (Å²) in [6.45, 7) is 11.4. The highest BCUT2D eigenvalue weighted by molar-refractivity contribution is 5.93. The Morgan fingerprint density at radius 3 is 1.80 bits per heavy atom. The van der Waals surface area contributed by atoms with Crippen molar-refractivity contribution in [2.45, 2.75) is 92.6 Å². The molecule has 0 heterocycles. The number of rotatable bonds is 22. The fourth-order valence-electron chi connectivity index (χ4n) is 4.73. The van der Waals surface area contributed by atoms with E-state index in [9.17, 15) is 33.6 Å². The molecule has 0 radical (unpaired) electrons.